The average molecular weight is 287 g/mol. The topological polar surface area (TPSA) is 63.3 Å². The Morgan fingerprint density at radius 1 is 1.25 bits per heavy atom. The molecule has 0 heterocycles. The third-order valence-corrected chi connectivity index (χ3v) is 3.41. The Bertz CT molecular complexity index is 304. The van der Waals surface area contributed by atoms with Crippen LogP contribution in [0.3, 0.4) is 0 Å². The van der Waals surface area contributed by atoms with Gasteiger partial charge in [-0.2, -0.15) is 0 Å². The number of alkyl halides is 3. The molecule has 0 atom stereocenters. The largest absolute Gasteiger partial charge is 0.398 e. The first-order valence-corrected chi connectivity index (χ1v) is 6.20. The van der Waals surface area contributed by atoms with Gasteiger partial charge in [-0.15, -0.1) is 0 Å². The summed E-state index contributed by atoms with van der Waals surface area (Å²) in [4.78, 5) is 11.8. The Kier molecular flexibility index (Phi) is 4.52. The maximum Gasteiger partial charge on any atom is 0.230 e. The summed E-state index contributed by atoms with van der Waals surface area (Å²) in [5.41, 5.74) is 3.95. The first-order valence-electron chi connectivity index (χ1n) is 5.07. The molecule has 0 radical (unpaired) electrons. The van der Waals surface area contributed by atoms with Crippen LogP contribution in [0, 0.1) is 0 Å². The molecular formula is C10H14Cl3NO2. The van der Waals surface area contributed by atoms with E-state index in [2.05, 4.69) is 0 Å². The zero-order valence-corrected chi connectivity index (χ0v) is 10.9. The Balaban J connectivity index is 2.78. The SMILES string of the molecule is N/C(=C\C(=O)C1(O)CCCCC1)C(Cl)(Cl)Cl. The summed E-state index contributed by atoms with van der Waals surface area (Å²) in [6.45, 7) is 0. The van der Waals surface area contributed by atoms with Gasteiger partial charge in [-0.25, -0.2) is 0 Å². The number of carbonyl (C=O) groups is 1. The molecule has 1 saturated carbocycles. The molecule has 0 saturated heterocycles. The average Bonchev–Trinajstić information content (AvgIpc) is 2.17. The molecule has 3 nitrogen and oxygen atoms in total. The van der Waals surface area contributed by atoms with Crippen molar-refractivity contribution >= 4 is 40.6 Å². The number of ketones is 1. The minimum Gasteiger partial charge on any atom is -0.398 e. The van der Waals surface area contributed by atoms with Crippen molar-refractivity contribution in [3.63, 3.8) is 0 Å². The van der Waals surface area contributed by atoms with Gasteiger partial charge in [0, 0.05) is 6.08 Å². The van der Waals surface area contributed by atoms with Crippen LogP contribution in [0.2, 0.25) is 0 Å². The van der Waals surface area contributed by atoms with Crippen LogP contribution >= 0.6 is 34.8 Å². The molecule has 1 aliphatic carbocycles. The number of carbonyl (C=O) groups excluding carboxylic acids is 1. The second kappa shape index (κ2) is 5.13. The van der Waals surface area contributed by atoms with Crippen molar-refractivity contribution in [2.75, 3.05) is 0 Å². The molecule has 92 valence electrons. The first-order chi connectivity index (χ1) is 7.26. The molecule has 0 aliphatic heterocycles. The Hall–Kier alpha value is 0.0400. The van der Waals surface area contributed by atoms with E-state index in [1.54, 1.807) is 0 Å². The number of halogens is 3. The van der Waals surface area contributed by atoms with Crippen LogP contribution in [-0.2, 0) is 4.79 Å². The molecule has 0 spiro atoms. The lowest BCUT2D eigenvalue weighted by atomic mass is 9.81. The lowest BCUT2D eigenvalue weighted by Crippen LogP contribution is -2.40. The molecule has 0 aromatic rings. The van der Waals surface area contributed by atoms with Crippen molar-refractivity contribution in [1.82, 2.24) is 0 Å². The highest BCUT2D eigenvalue weighted by atomic mass is 35.6. The van der Waals surface area contributed by atoms with E-state index >= 15 is 0 Å². The van der Waals surface area contributed by atoms with Gasteiger partial charge >= 0.3 is 0 Å². The predicted molar refractivity (Wildman–Crippen MR) is 65.6 cm³/mol. The van der Waals surface area contributed by atoms with Gasteiger partial charge in [0.05, 0.1) is 5.70 Å². The smallest absolute Gasteiger partial charge is 0.230 e. The zero-order chi connectivity index (χ0) is 12.4. The summed E-state index contributed by atoms with van der Waals surface area (Å²) >= 11 is 16.5. The fourth-order valence-corrected chi connectivity index (χ4v) is 1.90. The molecule has 16 heavy (non-hydrogen) atoms. The molecular weight excluding hydrogens is 272 g/mol. The highest BCUT2D eigenvalue weighted by molar-refractivity contribution is 6.69. The van der Waals surface area contributed by atoms with Crippen LogP contribution in [-0.4, -0.2) is 20.3 Å². The van der Waals surface area contributed by atoms with E-state index in [-0.39, 0.29) is 5.70 Å². The number of rotatable bonds is 2. The highest BCUT2D eigenvalue weighted by Gasteiger charge is 2.36. The molecule has 0 bridgehead atoms. The van der Waals surface area contributed by atoms with Crippen molar-refractivity contribution in [2.45, 2.75) is 41.5 Å². The maximum absolute atomic E-state index is 11.8. The molecule has 3 N–H and O–H groups in total. The van der Waals surface area contributed by atoms with Crippen LogP contribution in [0.5, 0.6) is 0 Å². The monoisotopic (exact) mass is 285 g/mol. The van der Waals surface area contributed by atoms with Crippen LogP contribution in [0.25, 0.3) is 0 Å². The van der Waals surface area contributed by atoms with Gasteiger partial charge in [-0.3, -0.25) is 4.79 Å². The van der Waals surface area contributed by atoms with Crippen molar-refractivity contribution in [2.24, 2.45) is 5.73 Å². The van der Waals surface area contributed by atoms with Crippen LogP contribution in [0.15, 0.2) is 11.8 Å². The van der Waals surface area contributed by atoms with Gasteiger partial charge in [-0.05, 0) is 12.8 Å². The third-order valence-electron chi connectivity index (χ3n) is 2.75. The van der Waals surface area contributed by atoms with Crippen LogP contribution in [0.1, 0.15) is 32.1 Å². The number of allylic oxidation sites excluding steroid dienone is 1. The summed E-state index contributed by atoms with van der Waals surface area (Å²) < 4.78 is -1.80. The van der Waals surface area contributed by atoms with Gasteiger partial charge in [0.1, 0.15) is 5.60 Å². The Labute approximate surface area is 110 Å². The first kappa shape index (κ1) is 14.1. The van der Waals surface area contributed by atoms with Crippen molar-refractivity contribution in [1.29, 1.82) is 0 Å². The molecule has 6 heteroatoms. The van der Waals surface area contributed by atoms with E-state index in [0.29, 0.717) is 12.8 Å². The third kappa shape index (κ3) is 3.52. The van der Waals surface area contributed by atoms with Gasteiger partial charge in [0.15, 0.2) is 5.78 Å². The van der Waals surface area contributed by atoms with Gasteiger partial charge in [-0.1, -0.05) is 54.1 Å². The molecule has 0 amide bonds. The molecule has 1 aliphatic rings. The zero-order valence-electron chi connectivity index (χ0n) is 8.68. The normalized spacial score (nSPS) is 21.9. The van der Waals surface area contributed by atoms with Crippen molar-refractivity contribution in [3.05, 3.63) is 11.8 Å². The summed E-state index contributed by atoms with van der Waals surface area (Å²) in [6.07, 6.45) is 4.58. The fraction of sp³-hybridized carbons (Fsp3) is 0.700. The van der Waals surface area contributed by atoms with E-state index in [4.69, 9.17) is 40.5 Å². The van der Waals surface area contributed by atoms with E-state index in [1.807, 2.05) is 0 Å². The molecule has 0 aromatic heterocycles. The summed E-state index contributed by atoms with van der Waals surface area (Å²) in [5, 5.41) is 10.1. The molecule has 1 rings (SSSR count). The van der Waals surface area contributed by atoms with E-state index < -0.39 is 15.2 Å². The Morgan fingerprint density at radius 3 is 2.19 bits per heavy atom. The van der Waals surface area contributed by atoms with E-state index in [1.165, 1.54) is 0 Å². The van der Waals surface area contributed by atoms with Crippen molar-refractivity contribution in [3.8, 4) is 0 Å². The standard InChI is InChI=1S/C10H14Cl3NO2/c11-10(12,13)7(14)6-8(15)9(16)4-2-1-3-5-9/h6,16H,1-5,14H2/b7-6-. The highest BCUT2D eigenvalue weighted by Crippen LogP contribution is 2.33. The van der Waals surface area contributed by atoms with Gasteiger partial charge < -0.3 is 10.8 Å². The predicted octanol–water partition coefficient (Wildman–Crippen LogP) is 2.46. The van der Waals surface area contributed by atoms with Crippen LogP contribution in [0.4, 0.5) is 0 Å². The second-order valence-corrected chi connectivity index (χ2v) is 6.34. The van der Waals surface area contributed by atoms with Gasteiger partial charge in [0.25, 0.3) is 0 Å². The summed E-state index contributed by atoms with van der Waals surface area (Å²) in [5.74, 6) is -0.476. The number of hydrogen-bond acceptors (Lipinski definition) is 3. The van der Waals surface area contributed by atoms with E-state index in [0.717, 1.165) is 25.3 Å². The lowest BCUT2D eigenvalue weighted by Gasteiger charge is -2.29. The number of hydrogen-bond donors (Lipinski definition) is 2. The second-order valence-electron chi connectivity index (χ2n) is 4.05. The molecule has 0 unspecified atom stereocenters. The molecule has 1 fully saturated rings. The number of nitrogens with two attached hydrogens (primary N) is 1. The van der Waals surface area contributed by atoms with E-state index in [9.17, 15) is 9.90 Å². The Morgan fingerprint density at radius 2 is 1.75 bits per heavy atom. The minimum absolute atomic E-state index is 0.165. The molecule has 0 aromatic carbocycles. The fourth-order valence-electron chi connectivity index (χ4n) is 1.74. The maximum atomic E-state index is 11.8. The van der Waals surface area contributed by atoms with Crippen molar-refractivity contribution < 1.29 is 9.90 Å². The summed E-state index contributed by atoms with van der Waals surface area (Å²) in [6, 6.07) is 0. The van der Waals surface area contributed by atoms with Crippen LogP contribution < -0.4 is 5.73 Å². The quantitative estimate of drug-likeness (QED) is 0.605. The van der Waals surface area contributed by atoms with Gasteiger partial charge in [0.2, 0.25) is 3.79 Å². The lowest BCUT2D eigenvalue weighted by molar-refractivity contribution is -0.135. The minimum atomic E-state index is -1.80. The number of aliphatic hydroxyl groups is 1. The summed E-state index contributed by atoms with van der Waals surface area (Å²) in [7, 11) is 0.